The highest BCUT2D eigenvalue weighted by Crippen LogP contribution is 2.26. The van der Waals surface area contributed by atoms with Crippen molar-refractivity contribution in [1.82, 2.24) is 4.90 Å². The van der Waals surface area contributed by atoms with Crippen LogP contribution in [0.25, 0.3) is 0 Å². The smallest absolute Gasteiger partial charge is 0.254 e. The van der Waals surface area contributed by atoms with Gasteiger partial charge in [0.1, 0.15) is 5.75 Å². The maximum atomic E-state index is 13.5. The van der Waals surface area contributed by atoms with Crippen LogP contribution in [0, 0.1) is 0 Å². The van der Waals surface area contributed by atoms with Crippen LogP contribution in [0.15, 0.2) is 48.5 Å². The summed E-state index contributed by atoms with van der Waals surface area (Å²) in [7, 11) is -3.11. The molecular formula is C28H39NO4S. The van der Waals surface area contributed by atoms with E-state index in [-0.39, 0.29) is 28.9 Å². The number of sulfone groups is 1. The molecule has 1 heterocycles. The first-order valence-electron chi connectivity index (χ1n) is 12.4. The molecule has 0 bridgehead atoms. The largest absolute Gasteiger partial charge is 0.494 e. The molecule has 2 aromatic carbocycles. The Bertz CT molecular complexity index is 1040. The van der Waals surface area contributed by atoms with Gasteiger partial charge in [-0.3, -0.25) is 4.79 Å². The van der Waals surface area contributed by atoms with Crippen LogP contribution in [0.2, 0.25) is 0 Å². The second kappa shape index (κ2) is 11.4. The molecule has 1 saturated heterocycles. The fraction of sp³-hybridized carbons (Fsp3) is 0.536. The molecular weight excluding hydrogens is 446 g/mol. The quantitative estimate of drug-likeness (QED) is 0.401. The summed E-state index contributed by atoms with van der Waals surface area (Å²) in [6.45, 7) is 9.74. The average Bonchev–Trinajstić information content (AvgIpc) is 3.16. The van der Waals surface area contributed by atoms with Crippen molar-refractivity contribution in [3.8, 4) is 5.75 Å². The number of carbonyl (C=O) groups excluding carboxylic acids is 1. The Morgan fingerprint density at radius 3 is 2.24 bits per heavy atom. The van der Waals surface area contributed by atoms with Crippen LogP contribution in [0.5, 0.6) is 5.75 Å². The third-order valence-corrected chi connectivity index (χ3v) is 8.20. The zero-order valence-electron chi connectivity index (χ0n) is 21.0. The van der Waals surface area contributed by atoms with Gasteiger partial charge in [-0.1, -0.05) is 71.2 Å². The van der Waals surface area contributed by atoms with Crippen molar-refractivity contribution in [3.63, 3.8) is 0 Å². The topological polar surface area (TPSA) is 63.7 Å². The Labute approximate surface area is 205 Å². The third kappa shape index (κ3) is 7.33. The molecule has 0 unspecified atom stereocenters. The van der Waals surface area contributed by atoms with Gasteiger partial charge in [0.15, 0.2) is 9.84 Å². The average molecular weight is 486 g/mol. The van der Waals surface area contributed by atoms with Gasteiger partial charge < -0.3 is 9.64 Å². The van der Waals surface area contributed by atoms with Gasteiger partial charge in [0.05, 0.1) is 18.1 Å². The van der Waals surface area contributed by atoms with E-state index in [0.29, 0.717) is 25.1 Å². The van der Waals surface area contributed by atoms with Gasteiger partial charge in [0.25, 0.3) is 5.91 Å². The van der Waals surface area contributed by atoms with Gasteiger partial charge in [0, 0.05) is 18.2 Å². The highest BCUT2D eigenvalue weighted by atomic mass is 32.2. The molecule has 3 rings (SSSR count). The summed E-state index contributed by atoms with van der Waals surface area (Å²) in [5.74, 6) is 0.768. The maximum Gasteiger partial charge on any atom is 0.254 e. The minimum absolute atomic E-state index is 0.0256. The molecule has 0 saturated carbocycles. The second-order valence-corrected chi connectivity index (χ2v) is 12.6. The predicted molar refractivity (Wildman–Crippen MR) is 138 cm³/mol. The van der Waals surface area contributed by atoms with Gasteiger partial charge in [0.2, 0.25) is 0 Å². The lowest BCUT2D eigenvalue weighted by molar-refractivity contribution is 0.0681. The van der Waals surface area contributed by atoms with E-state index < -0.39 is 9.84 Å². The van der Waals surface area contributed by atoms with Crippen molar-refractivity contribution in [2.45, 2.75) is 77.8 Å². The molecule has 1 aliphatic heterocycles. The van der Waals surface area contributed by atoms with Crippen molar-refractivity contribution in [2.75, 3.05) is 18.1 Å². The molecule has 1 atom stereocenters. The molecule has 0 radical (unpaired) electrons. The summed E-state index contributed by atoms with van der Waals surface area (Å²) in [4.78, 5) is 15.2. The first-order valence-corrected chi connectivity index (χ1v) is 14.2. The monoisotopic (exact) mass is 485 g/mol. The van der Waals surface area contributed by atoms with E-state index in [2.05, 4.69) is 39.8 Å². The van der Waals surface area contributed by atoms with E-state index in [1.165, 1.54) is 18.4 Å². The van der Waals surface area contributed by atoms with Crippen LogP contribution in [0.4, 0.5) is 0 Å². The van der Waals surface area contributed by atoms with E-state index >= 15 is 0 Å². The van der Waals surface area contributed by atoms with E-state index in [9.17, 15) is 13.2 Å². The zero-order chi connectivity index (χ0) is 24.8. The van der Waals surface area contributed by atoms with Crippen molar-refractivity contribution in [1.29, 1.82) is 0 Å². The molecule has 34 heavy (non-hydrogen) atoms. The highest BCUT2D eigenvalue weighted by Gasteiger charge is 2.35. The Morgan fingerprint density at radius 2 is 1.68 bits per heavy atom. The van der Waals surface area contributed by atoms with Crippen molar-refractivity contribution < 1.29 is 17.9 Å². The predicted octanol–water partition coefficient (Wildman–Crippen LogP) is 5.77. The summed E-state index contributed by atoms with van der Waals surface area (Å²) in [6, 6.07) is 15.2. The zero-order valence-corrected chi connectivity index (χ0v) is 21.9. The minimum Gasteiger partial charge on any atom is -0.494 e. The van der Waals surface area contributed by atoms with Crippen LogP contribution in [-0.4, -0.2) is 43.4 Å². The number of hydrogen-bond donors (Lipinski definition) is 0. The van der Waals surface area contributed by atoms with Gasteiger partial charge in [-0.25, -0.2) is 8.42 Å². The van der Waals surface area contributed by atoms with E-state index in [4.69, 9.17) is 4.74 Å². The van der Waals surface area contributed by atoms with Crippen molar-refractivity contribution >= 4 is 15.7 Å². The number of hydrogen-bond acceptors (Lipinski definition) is 4. The van der Waals surface area contributed by atoms with Crippen LogP contribution in [-0.2, 0) is 21.8 Å². The lowest BCUT2D eigenvalue weighted by Crippen LogP contribution is -2.40. The van der Waals surface area contributed by atoms with E-state index in [1.54, 1.807) is 17.0 Å². The number of unbranched alkanes of at least 4 members (excludes halogenated alkanes) is 3. The number of rotatable bonds is 10. The summed E-state index contributed by atoms with van der Waals surface area (Å²) >= 11 is 0. The summed E-state index contributed by atoms with van der Waals surface area (Å²) in [5.41, 5.74) is 2.82. The molecule has 186 valence electrons. The number of ether oxygens (including phenoxy) is 1. The summed E-state index contributed by atoms with van der Waals surface area (Å²) < 4.78 is 30.1. The molecule has 1 fully saturated rings. The third-order valence-electron chi connectivity index (χ3n) is 6.45. The van der Waals surface area contributed by atoms with Crippen molar-refractivity contribution in [2.24, 2.45) is 0 Å². The minimum atomic E-state index is -3.11. The molecule has 2 aromatic rings. The standard InChI is InChI=1S/C28H39NO4S/c1-5-6-7-8-18-33-26-15-11-23(12-16-26)27(30)29(25-17-19-34(31,32)21-25)20-22-9-13-24(14-10-22)28(2,3)4/h9-16,25H,5-8,17-21H2,1-4H3/t25-/m1/s1. The normalized spacial score (nSPS) is 17.5. The number of nitrogens with zero attached hydrogens (tertiary/aromatic N) is 1. The molecule has 0 spiro atoms. The van der Waals surface area contributed by atoms with Gasteiger partial charge in [-0.15, -0.1) is 0 Å². The van der Waals surface area contributed by atoms with Gasteiger partial charge >= 0.3 is 0 Å². The maximum absolute atomic E-state index is 13.5. The second-order valence-electron chi connectivity index (χ2n) is 10.4. The first-order chi connectivity index (χ1) is 16.1. The molecule has 0 aromatic heterocycles. The Kier molecular flexibility index (Phi) is 8.80. The number of benzene rings is 2. The van der Waals surface area contributed by atoms with Crippen LogP contribution in [0.1, 0.15) is 81.3 Å². The fourth-order valence-corrected chi connectivity index (χ4v) is 6.00. The first kappa shape index (κ1) is 26.3. The Hall–Kier alpha value is -2.34. The molecule has 0 N–H and O–H groups in total. The molecule has 1 aliphatic rings. The summed E-state index contributed by atoms with van der Waals surface area (Å²) in [6.07, 6.45) is 5.06. The molecule has 6 heteroatoms. The highest BCUT2D eigenvalue weighted by molar-refractivity contribution is 7.91. The lowest BCUT2D eigenvalue weighted by Gasteiger charge is -2.29. The Balaban J connectivity index is 1.73. The molecule has 0 aliphatic carbocycles. The van der Waals surface area contributed by atoms with Crippen LogP contribution >= 0.6 is 0 Å². The number of amides is 1. The Morgan fingerprint density at radius 1 is 1.00 bits per heavy atom. The number of carbonyl (C=O) groups is 1. The lowest BCUT2D eigenvalue weighted by atomic mass is 9.86. The molecule has 5 nitrogen and oxygen atoms in total. The van der Waals surface area contributed by atoms with Crippen LogP contribution in [0.3, 0.4) is 0 Å². The van der Waals surface area contributed by atoms with E-state index in [1.807, 2.05) is 24.3 Å². The SMILES string of the molecule is CCCCCCOc1ccc(C(=O)N(Cc2ccc(C(C)(C)C)cc2)[C@@H]2CCS(=O)(=O)C2)cc1. The molecule has 1 amide bonds. The summed E-state index contributed by atoms with van der Waals surface area (Å²) in [5, 5.41) is 0. The van der Waals surface area contributed by atoms with Gasteiger partial charge in [-0.2, -0.15) is 0 Å². The van der Waals surface area contributed by atoms with E-state index in [0.717, 1.165) is 24.2 Å². The van der Waals surface area contributed by atoms with Gasteiger partial charge in [-0.05, 0) is 53.6 Å². The van der Waals surface area contributed by atoms with Crippen LogP contribution < -0.4 is 4.74 Å². The van der Waals surface area contributed by atoms with Crippen molar-refractivity contribution in [3.05, 3.63) is 65.2 Å². The fourth-order valence-electron chi connectivity index (χ4n) is 4.27.